The number of nitrogens with one attached hydrogen (secondary N) is 2. The molecule has 25 heavy (non-hydrogen) atoms. The van der Waals surface area contributed by atoms with E-state index in [9.17, 15) is 4.79 Å². The Kier molecular flexibility index (Phi) is 5.07. The van der Waals surface area contributed by atoms with E-state index < -0.39 is 0 Å². The zero-order valence-electron chi connectivity index (χ0n) is 13.0. The van der Waals surface area contributed by atoms with E-state index in [1.165, 1.54) is 0 Å². The van der Waals surface area contributed by atoms with Crippen LogP contribution in [0.3, 0.4) is 0 Å². The van der Waals surface area contributed by atoms with Crippen molar-refractivity contribution in [3.8, 4) is 6.07 Å². The zero-order valence-corrected chi connectivity index (χ0v) is 14.6. The number of pyridine rings is 1. The Hall–Kier alpha value is -3.17. The van der Waals surface area contributed by atoms with Crippen molar-refractivity contribution in [2.45, 2.75) is 0 Å². The van der Waals surface area contributed by atoms with Crippen LogP contribution in [-0.2, 0) is 0 Å². The third-order valence-electron chi connectivity index (χ3n) is 3.42. The van der Waals surface area contributed by atoms with E-state index in [0.717, 1.165) is 15.8 Å². The van der Waals surface area contributed by atoms with Crippen molar-refractivity contribution in [2.24, 2.45) is 0 Å². The van der Waals surface area contributed by atoms with E-state index in [2.05, 4.69) is 31.5 Å². The molecule has 0 saturated heterocycles. The minimum Gasteiger partial charge on any atom is -0.354 e. The van der Waals surface area contributed by atoms with Crippen molar-refractivity contribution >= 4 is 38.9 Å². The van der Waals surface area contributed by atoms with Crippen LogP contribution in [0.5, 0.6) is 0 Å². The number of nitrogens with zero attached hydrogens (tertiary/aromatic N) is 2. The minimum absolute atomic E-state index is 0.293. The topological polar surface area (TPSA) is 77.8 Å². The molecule has 2 aromatic carbocycles. The molecule has 0 aliphatic rings. The Morgan fingerprint density at radius 2 is 1.80 bits per heavy atom. The summed E-state index contributed by atoms with van der Waals surface area (Å²) in [5.74, 6) is -0.319. The molecule has 1 heterocycles. The highest BCUT2D eigenvalue weighted by Gasteiger charge is 2.09. The molecule has 3 aromatic rings. The van der Waals surface area contributed by atoms with Crippen molar-refractivity contribution in [2.75, 3.05) is 10.6 Å². The van der Waals surface area contributed by atoms with Crippen molar-refractivity contribution < 1.29 is 4.79 Å². The summed E-state index contributed by atoms with van der Waals surface area (Å²) < 4.78 is 0.926. The van der Waals surface area contributed by atoms with E-state index in [4.69, 9.17) is 5.26 Å². The van der Waals surface area contributed by atoms with Gasteiger partial charge in [0.25, 0.3) is 5.91 Å². The molecule has 0 spiro atoms. The molecule has 0 aliphatic carbocycles. The first kappa shape index (κ1) is 16.7. The van der Waals surface area contributed by atoms with Crippen molar-refractivity contribution in [1.82, 2.24) is 4.98 Å². The molecule has 0 atom stereocenters. The van der Waals surface area contributed by atoms with Crippen LogP contribution < -0.4 is 10.6 Å². The van der Waals surface area contributed by atoms with Gasteiger partial charge in [0.1, 0.15) is 5.69 Å². The number of carbonyl (C=O) groups excluding carboxylic acids is 1. The largest absolute Gasteiger partial charge is 0.354 e. The van der Waals surface area contributed by atoms with Crippen molar-refractivity contribution in [1.29, 1.82) is 5.26 Å². The van der Waals surface area contributed by atoms with Crippen LogP contribution in [0.15, 0.2) is 71.3 Å². The molecule has 2 N–H and O–H groups in total. The van der Waals surface area contributed by atoms with Gasteiger partial charge in [0, 0.05) is 22.0 Å². The van der Waals surface area contributed by atoms with Crippen LogP contribution in [-0.4, -0.2) is 10.9 Å². The van der Waals surface area contributed by atoms with Gasteiger partial charge >= 0.3 is 0 Å². The summed E-state index contributed by atoms with van der Waals surface area (Å²) in [6.07, 6.45) is 1.58. The molecular formula is C19H13BrN4O. The summed E-state index contributed by atoms with van der Waals surface area (Å²) in [6.45, 7) is 0. The van der Waals surface area contributed by atoms with E-state index in [1.54, 1.807) is 42.6 Å². The summed E-state index contributed by atoms with van der Waals surface area (Å²) >= 11 is 3.48. The lowest BCUT2D eigenvalue weighted by atomic mass is 10.2. The van der Waals surface area contributed by atoms with Gasteiger partial charge in [-0.05, 0) is 64.5 Å². The Bertz CT molecular complexity index is 948. The van der Waals surface area contributed by atoms with E-state index in [1.807, 2.05) is 30.3 Å². The number of benzene rings is 2. The van der Waals surface area contributed by atoms with Crippen molar-refractivity contribution in [3.63, 3.8) is 0 Å². The first-order valence-electron chi connectivity index (χ1n) is 7.45. The highest BCUT2D eigenvalue weighted by molar-refractivity contribution is 9.10. The maximum Gasteiger partial charge on any atom is 0.274 e. The number of halogens is 1. The summed E-state index contributed by atoms with van der Waals surface area (Å²) in [4.78, 5) is 16.5. The number of rotatable bonds is 4. The molecule has 3 rings (SSSR count). The molecule has 0 aliphatic heterocycles. The highest BCUT2D eigenvalue weighted by Crippen LogP contribution is 2.25. The van der Waals surface area contributed by atoms with Crippen molar-refractivity contribution in [3.05, 3.63) is 82.6 Å². The number of para-hydroxylation sites is 1. The van der Waals surface area contributed by atoms with Gasteiger partial charge in [-0.25, -0.2) is 0 Å². The van der Waals surface area contributed by atoms with Gasteiger partial charge in [-0.15, -0.1) is 0 Å². The van der Waals surface area contributed by atoms with Gasteiger partial charge in [-0.3, -0.25) is 9.78 Å². The smallest absolute Gasteiger partial charge is 0.274 e. The second kappa shape index (κ2) is 7.60. The quantitative estimate of drug-likeness (QED) is 0.673. The molecule has 0 saturated carbocycles. The maximum atomic E-state index is 12.4. The molecule has 0 radical (unpaired) electrons. The zero-order chi connectivity index (χ0) is 17.6. The molecular weight excluding hydrogens is 380 g/mol. The molecule has 0 fully saturated rings. The van der Waals surface area contributed by atoms with E-state index in [-0.39, 0.29) is 5.91 Å². The lowest BCUT2D eigenvalue weighted by molar-refractivity contribution is 0.102. The molecule has 5 nitrogen and oxygen atoms in total. The van der Waals surface area contributed by atoms with Crippen LogP contribution in [0.2, 0.25) is 0 Å². The number of aromatic nitrogens is 1. The number of carbonyl (C=O) groups is 1. The normalized spacial score (nSPS) is 9.92. The molecule has 6 heteroatoms. The molecule has 1 aromatic heterocycles. The first-order chi connectivity index (χ1) is 12.2. The Labute approximate surface area is 153 Å². The Balaban J connectivity index is 1.75. The van der Waals surface area contributed by atoms with Gasteiger partial charge in [-0.1, -0.05) is 12.1 Å². The third-order valence-corrected chi connectivity index (χ3v) is 4.11. The predicted molar refractivity (Wildman–Crippen MR) is 101 cm³/mol. The lowest BCUT2D eigenvalue weighted by Crippen LogP contribution is -2.13. The maximum absolute atomic E-state index is 12.4. The summed E-state index contributed by atoms with van der Waals surface area (Å²) in [5.41, 5.74) is 3.09. The molecule has 122 valence electrons. The summed E-state index contributed by atoms with van der Waals surface area (Å²) in [7, 11) is 0. The monoisotopic (exact) mass is 392 g/mol. The van der Waals surface area contributed by atoms with Crippen LogP contribution in [0.25, 0.3) is 0 Å². The number of hydrogen-bond acceptors (Lipinski definition) is 4. The fraction of sp³-hybridized carbons (Fsp3) is 0. The third kappa shape index (κ3) is 4.22. The van der Waals surface area contributed by atoms with Gasteiger partial charge in [0.15, 0.2) is 0 Å². The van der Waals surface area contributed by atoms with Gasteiger partial charge in [0.2, 0.25) is 0 Å². The number of hydrogen-bond donors (Lipinski definition) is 2. The number of anilines is 3. The second-order valence-corrected chi connectivity index (χ2v) is 6.03. The van der Waals surface area contributed by atoms with Crippen LogP contribution in [0.4, 0.5) is 17.1 Å². The fourth-order valence-corrected chi connectivity index (χ4v) is 2.56. The van der Waals surface area contributed by atoms with Crippen LogP contribution in [0, 0.1) is 11.3 Å². The number of amides is 1. The first-order valence-corrected chi connectivity index (χ1v) is 8.24. The molecule has 0 bridgehead atoms. The van der Waals surface area contributed by atoms with E-state index >= 15 is 0 Å². The van der Waals surface area contributed by atoms with Gasteiger partial charge in [-0.2, -0.15) is 5.26 Å². The minimum atomic E-state index is -0.319. The van der Waals surface area contributed by atoms with Gasteiger partial charge in [0.05, 0.1) is 17.3 Å². The SMILES string of the molecule is N#Cc1ccc(NC(=O)c2cc(Nc3ccccc3Br)ccn2)cc1. The highest BCUT2D eigenvalue weighted by atomic mass is 79.9. The molecule has 1 amide bonds. The second-order valence-electron chi connectivity index (χ2n) is 5.18. The van der Waals surface area contributed by atoms with Crippen LogP contribution >= 0.6 is 15.9 Å². The Morgan fingerprint density at radius 3 is 2.52 bits per heavy atom. The summed E-state index contributed by atoms with van der Waals surface area (Å²) in [6, 6.07) is 19.9. The summed E-state index contributed by atoms with van der Waals surface area (Å²) in [5, 5.41) is 14.8. The van der Waals surface area contributed by atoms with E-state index in [0.29, 0.717) is 16.9 Å². The number of nitriles is 1. The standard InChI is InChI=1S/C19H13BrN4O/c20-16-3-1-2-4-17(16)23-15-9-10-22-18(11-15)19(25)24-14-7-5-13(12-21)6-8-14/h1-11H,(H,22,23)(H,24,25). The van der Waals surface area contributed by atoms with Crippen LogP contribution in [0.1, 0.15) is 16.1 Å². The average molecular weight is 393 g/mol. The predicted octanol–water partition coefficient (Wildman–Crippen LogP) is 4.71. The average Bonchev–Trinajstić information content (AvgIpc) is 2.64. The van der Waals surface area contributed by atoms with Gasteiger partial charge < -0.3 is 10.6 Å². The Morgan fingerprint density at radius 1 is 1.04 bits per heavy atom. The molecule has 0 unspecified atom stereocenters. The lowest BCUT2D eigenvalue weighted by Gasteiger charge is -2.10. The fourth-order valence-electron chi connectivity index (χ4n) is 2.17.